The summed E-state index contributed by atoms with van der Waals surface area (Å²) in [6.45, 7) is 6.85. The summed E-state index contributed by atoms with van der Waals surface area (Å²) in [5, 5.41) is 3.37. The van der Waals surface area contributed by atoms with Crippen molar-refractivity contribution < 1.29 is 17.9 Å². The van der Waals surface area contributed by atoms with Gasteiger partial charge in [-0.3, -0.25) is 4.79 Å². The Bertz CT molecular complexity index is 746. The van der Waals surface area contributed by atoms with Gasteiger partial charge in [0, 0.05) is 30.1 Å². The monoisotopic (exact) mass is 416 g/mol. The molecule has 1 aliphatic heterocycles. The lowest BCUT2D eigenvalue weighted by atomic mass is 9.96. The van der Waals surface area contributed by atoms with E-state index in [-0.39, 0.29) is 22.8 Å². The van der Waals surface area contributed by atoms with E-state index in [0.29, 0.717) is 43.3 Å². The zero-order valence-electron chi connectivity index (χ0n) is 16.2. The van der Waals surface area contributed by atoms with Gasteiger partial charge in [0.05, 0.1) is 6.61 Å². The number of carbonyl (C=O) groups is 1. The first-order valence-corrected chi connectivity index (χ1v) is 11.3. The first-order chi connectivity index (χ1) is 12.8. The topological polar surface area (TPSA) is 75.7 Å². The Balaban J connectivity index is 2.07. The number of nitrogens with zero attached hydrogens (tertiary/aromatic N) is 1. The average molecular weight is 417 g/mol. The van der Waals surface area contributed by atoms with Crippen LogP contribution in [-0.2, 0) is 14.8 Å². The van der Waals surface area contributed by atoms with Crippen molar-refractivity contribution in [2.75, 3.05) is 19.7 Å². The Morgan fingerprint density at radius 3 is 2.59 bits per heavy atom. The van der Waals surface area contributed by atoms with Gasteiger partial charge in [-0.05, 0) is 51.3 Å². The van der Waals surface area contributed by atoms with Crippen molar-refractivity contribution in [1.29, 1.82) is 0 Å². The van der Waals surface area contributed by atoms with E-state index in [9.17, 15) is 13.2 Å². The number of hydrogen-bond acceptors (Lipinski definition) is 4. The van der Waals surface area contributed by atoms with Gasteiger partial charge in [-0.15, -0.1) is 0 Å². The molecular formula is C19H29ClN2O4S. The highest BCUT2D eigenvalue weighted by Crippen LogP contribution is 2.32. The second kappa shape index (κ2) is 9.75. The third-order valence-corrected chi connectivity index (χ3v) is 6.91. The number of benzene rings is 1. The second-order valence-electron chi connectivity index (χ2n) is 6.90. The molecule has 0 aliphatic carbocycles. The molecule has 0 spiro atoms. The maximum Gasteiger partial charge on any atom is 0.246 e. The van der Waals surface area contributed by atoms with Gasteiger partial charge in [0.25, 0.3) is 0 Å². The number of amides is 1. The van der Waals surface area contributed by atoms with Gasteiger partial charge in [0.2, 0.25) is 15.9 Å². The molecule has 1 fully saturated rings. The molecule has 0 bridgehead atoms. The van der Waals surface area contributed by atoms with E-state index < -0.39 is 10.0 Å². The van der Waals surface area contributed by atoms with Gasteiger partial charge in [-0.25, -0.2) is 8.42 Å². The summed E-state index contributed by atoms with van der Waals surface area (Å²) in [4.78, 5) is 12.5. The molecule has 1 atom stereocenters. The molecule has 27 heavy (non-hydrogen) atoms. The maximum atomic E-state index is 13.1. The molecule has 1 saturated heterocycles. The maximum absolute atomic E-state index is 13.1. The molecule has 6 nitrogen and oxygen atoms in total. The molecule has 8 heteroatoms. The van der Waals surface area contributed by atoms with Crippen LogP contribution in [0, 0.1) is 5.92 Å². The van der Waals surface area contributed by atoms with E-state index in [1.54, 1.807) is 19.1 Å². The molecule has 0 aromatic heterocycles. The van der Waals surface area contributed by atoms with E-state index in [1.807, 2.05) is 6.92 Å². The Morgan fingerprint density at radius 1 is 1.33 bits per heavy atom. The normalized spacial score (nSPS) is 17.5. The fourth-order valence-corrected chi connectivity index (χ4v) is 5.19. The zero-order chi connectivity index (χ0) is 20.0. The lowest BCUT2D eigenvalue weighted by Gasteiger charge is -2.31. The predicted octanol–water partition coefficient (Wildman–Crippen LogP) is 3.44. The van der Waals surface area contributed by atoms with Crippen LogP contribution in [0.1, 0.15) is 46.5 Å². The summed E-state index contributed by atoms with van der Waals surface area (Å²) in [5.74, 6) is 0.169. The Hall–Kier alpha value is -1.31. The largest absolute Gasteiger partial charge is 0.492 e. The summed E-state index contributed by atoms with van der Waals surface area (Å²) < 4.78 is 33.0. The van der Waals surface area contributed by atoms with Crippen LogP contribution in [0.3, 0.4) is 0 Å². The van der Waals surface area contributed by atoms with E-state index >= 15 is 0 Å². The SMILES string of the molecule is CCC[C@@H](C)NC(=O)C1CCN(S(=O)(=O)c2cc(Cl)ccc2OCC)CC1. The fraction of sp³-hybridized carbons (Fsp3) is 0.632. The van der Waals surface area contributed by atoms with Crippen LogP contribution in [0.5, 0.6) is 5.75 Å². The summed E-state index contributed by atoms with van der Waals surface area (Å²) in [6.07, 6.45) is 2.97. The lowest BCUT2D eigenvalue weighted by Crippen LogP contribution is -2.44. The highest BCUT2D eigenvalue weighted by atomic mass is 35.5. The van der Waals surface area contributed by atoms with E-state index in [0.717, 1.165) is 12.8 Å². The van der Waals surface area contributed by atoms with Crippen LogP contribution in [0.4, 0.5) is 0 Å². The van der Waals surface area contributed by atoms with Gasteiger partial charge < -0.3 is 10.1 Å². The summed E-state index contributed by atoms with van der Waals surface area (Å²) in [5.41, 5.74) is 0. The van der Waals surface area contributed by atoms with Crippen molar-refractivity contribution in [1.82, 2.24) is 9.62 Å². The molecule has 2 rings (SSSR count). The summed E-state index contributed by atoms with van der Waals surface area (Å²) in [6, 6.07) is 4.75. The summed E-state index contributed by atoms with van der Waals surface area (Å²) in [7, 11) is -3.73. The molecular weight excluding hydrogens is 388 g/mol. The highest BCUT2D eigenvalue weighted by Gasteiger charge is 2.34. The number of halogens is 1. The van der Waals surface area contributed by atoms with E-state index in [2.05, 4.69) is 12.2 Å². The quantitative estimate of drug-likeness (QED) is 0.704. The Labute approximate surface area is 167 Å². The Morgan fingerprint density at radius 2 is 2.00 bits per heavy atom. The molecule has 152 valence electrons. The summed E-state index contributed by atoms with van der Waals surface area (Å²) >= 11 is 6.01. The molecule has 0 unspecified atom stereocenters. The molecule has 1 aliphatic rings. The number of ether oxygens (including phenoxy) is 1. The van der Waals surface area contributed by atoms with Crippen molar-refractivity contribution in [3.8, 4) is 5.75 Å². The van der Waals surface area contributed by atoms with Crippen molar-refractivity contribution >= 4 is 27.5 Å². The number of piperidine rings is 1. The zero-order valence-corrected chi connectivity index (χ0v) is 17.8. The molecule has 0 radical (unpaired) electrons. The minimum absolute atomic E-state index is 0.0192. The van der Waals surface area contributed by atoms with Crippen molar-refractivity contribution in [3.63, 3.8) is 0 Å². The first-order valence-electron chi connectivity index (χ1n) is 9.52. The van der Waals surface area contributed by atoms with Gasteiger partial charge in [0.1, 0.15) is 10.6 Å². The van der Waals surface area contributed by atoms with Crippen LogP contribution in [0.2, 0.25) is 5.02 Å². The number of carbonyl (C=O) groups excluding carboxylic acids is 1. The van der Waals surface area contributed by atoms with Gasteiger partial charge >= 0.3 is 0 Å². The van der Waals surface area contributed by atoms with Crippen LogP contribution < -0.4 is 10.1 Å². The standard InChI is InChI=1S/C19H29ClN2O4S/c1-4-6-14(3)21-19(23)15-9-11-22(12-10-15)27(24,25)18-13-16(20)7-8-17(18)26-5-2/h7-8,13-15H,4-6,9-12H2,1-3H3,(H,21,23)/t14-/m1/s1. The predicted molar refractivity (Wildman–Crippen MR) is 107 cm³/mol. The molecule has 1 heterocycles. The smallest absolute Gasteiger partial charge is 0.246 e. The minimum atomic E-state index is -3.73. The van der Waals surface area contributed by atoms with Gasteiger partial charge in [-0.1, -0.05) is 24.9 Å². The molecule has 0 saturated carbocycles. The molecule has 1 amide bonds. The Kier molecular flexibility index (Phi) is 7.94. The number of hydrogen-bond donors (Lipinski definition) is 1. The van der Waals surface area contributed by atoms with E-state index in [1.165, 1.54) is 10.4 Å². The average Bonchev–Trinajstić information content (AvgIpc) is 2.63. The van der Waals surface area contributed by atoms with Crippen LogP contribution in [-0.4, -0.2) is 44.4 Å². The third-order valence-electron chi connectivity index (χ3n) is 4.76. The fourth-order valence-electron chi connectivity index (χ4n) is 3.32. The molecule has 1 aromatic carbocycles. The van der Waals surface area contributed by atoms with E-state index in [4.69, 9.17) is 16.3 Å². The molecule has 1 N–H and O–H groups in total. The van der Waals surface area contributed by atoms with Crippen LogP contribution >= 0.6 is 11.6 Å². The van der Waals surface area contributed by atoms with Gasteiger partial charge in [0.15, 0.2) is 0 Å². The lowest BCUT2D eigenvalue weighted by molar-refractivity contribution is -0.126. The highest BCUT2D eigenvalue weighted by molar-refractivity contribution is 7.89. The van der Waals surface area contributed by atoms with Crippen LogP contribution in [0.15, 0.2) is 23.1 Å². The number of sulfonamides is 1. The number of nitrogens with one attached hydrogen (secondary N) is 1. The number of rotatable bonds is 8. The third kappa shape index (κ3) is 5.59. The first kappa shape index (κ1) is 22.0. The van der Waals surface area contributed by atoms with Crippen molar-refractivity contribution in [3.05, 3.63) is 23.2 Å². The van der Waals surface area contributed by atoms with Crippen molar-refractivity contribution in [2.45, 2.75) is 57.4 Å². The molecule has 1 aromatic rings. The second-order valence-corrected chi connectivity index (χ2v) is 9.24. The minimum Gasteiger partial charge on any atom is -0.492 e. The van der Waals surface area contributed by atoms with Crippen molar-refractivity contribution in [2.24, 2.45) is 5.92 Å². The van der Waals surface area contributed by atoms with Gasteiger partial charge in [-0.2, -0.15) is 4.31 Å². The van der Waals surface area contributed by atoms with Crippen LogP contribution in [0.25, 0.3) is 0 Å².